The second kappa shape index (κ2) is 6.50. The number of nitrogens with one attached hydrogen (secondary N) is 1. The summed E-state index contributed by atoms with van der Waals surface area (Å²) in [6.45, 7) is 4.92. The van der Waals surface area contributed by atoms with Gasteiger partial charge in [0.1, 0.15) is 0 Å². The molecule has 2 fully saturated rings. The van der Waals surface area contributed by atoms with E-state index in [1.807, 2.05) is 4.90 Å². The highest BCUT2D eigenvalue weighted by Crippen LogP contribution is 2.19. The average Bonchev–Trinajstić information content (AvgIpc) is 2.41. The van der Waals surface area contributed by atoms with Crippen LogP contribution in [0.2, 0.25) is 0 Å². The third-order valence-corrected chi connectivity index (χ3v) is 4.02. The molecule has 2 N–H and O–H groups in total. The summed E-state index contributed by atoms with van der Waals surface area (Å²) in [6.07, 6.45) is 2.77. The van der Waals surface area contributed by atoms with Gasteiger partial charge in [0.15, 0.2) is 0 Å². The average molecular weight is 256 g/mol. The maximum Gasteiger partial charge on any atom is 0.224 e. The first-order valence-electron chi connectivity index (χ1n) is 6.94. The smallest absolute Gasteiger partial charge is 0.224 e. The Hall–Kier alpha value is -0.650. The molecule has 0 aromatic heterocycles. The molecule has 2 aliphatic heterocycles. The van der Waals surface area contributed by atoms with Crippen molar-refractivity contribution >= 4 is 5.91 Å². The molecule has 2 heterocycles. The van der Waals surface area contributed by atoms with E-state index in [-0.39, 0.29) is 18.6 Å². The molecule has 0 saturated carbocycles. The van der Waals surface area contributed by atoms with Crippen LogP contribution < -0.4 is 5.32 Å². The third-order valence-electron chi connectivity index (χ3n) is 4.02. The molecule has 3 atom stereocenters. The van der Waals surface area contributed by atoms with Crippen molar-refractivity contribution < 1.29 is 14.6 Å². The van der Waals surface area contributed by atoms with Gasteiger partial charge in [0, 0.05) is 25.6 Å². The summed E-state index contributed by atoms with van der Waals surface area (Å²) in [4.78, 5) is 14.0. The molecule has 0 bridgehead atoms. The van der Waals surface area contributed by atoms with Gasteiger partial charge < -0.3 is 20.1 Å². The number of piperidine rings is 1. The molecule has 1 amide bonds. The molecule has 18 heavy (non-hydrogen) atoms. The molecule has 0 radical (unpaired) electrons. The van der Waals surface area contributed by atoms with Crippen molar-refractivity contribution in [2.75, 3.05) is 32.8 Å². The number of carbonyl (C=O) groups is 1. The summed E-state index contributed by atoms with van der Waals surface area (Å²) in [5.74, 6) is 0.750. The summed E-state index contributed by atoms with van der Waals surface area (Å²) < 4.78 is 5.36. The molecule has 3 unspecified atom stereocenters. The van der Waals surface area contributed by atoms with Crippen LogP contribution in [-0.4, -0.2) is 60.9 Å². The standard InChI is InChI=1S/C13H24N2O3/c1-10-3-2-4-14-12(10)7-13(17)15-5-6-18-11(8-15)9-16/h10-12,14,16H,2-9H2,1H3. The van der Waals surface area contributed by atoms with Gasteiger partial charge in [-0.05, 0) is 25.3 Å². The van der Waals surface area contributed by atoms with E-state index in [1.54, 1.807) is 0 Å². The van der Waals surface area contributed by atoms with E-state index in [2.05, 4.69) is 12.2 Å². The van der Waals surface area contributed by atoms with Gasteiger partial charge in [-0.2, -0.15) is 0 Å². The summed E-state index contributed by atoms with van der Waals surface area (Å²) in [5.41, 5.74) is 0. The first kappa shape index (κ1) is 13.8. The molecule has 0 spiro atoms. The number of ether oxygens (including phenoxy) is 1. The minimum absolute atomic E-state index is 0.0120. The number of morpholine rings is 1. The highest BCUT2D eigenvalue weighted by Gasteiger charge is 2.28. The van der Waals surface area contributed by atoms with Crippen LogP contribution in [0.15, 0.2) is 0 Å². The summed E-state index contributed by atoms with van der Waals surface area (Å²) in [6, 6.07) is 0.307. The fourth-order valence-electron chi connectivity index (χ4n) is 2.76. The quantitative estimate of drug-likeness (QED) is 0.745. The second-order valence-electron chi connectivity index (χ2n) is 5.40. The molecule has 0 aromatic carbocycles. The number of aliphatic hydroxyl groups excluding tert-OH is 1. The molecule has 0 aromatic rings. The van der Waals surface area contributed by atoms with Crippen LogP contribution in [0.4, 0.5) is 0 Å². The van der Waals surface area contributed by atoms with Crippen LogP contribution in [0.3, 0.4) is 0 Å². The number of nitrogens with zero attached hydrogens (tertiary/aromatic N) is 1. The van der Waals surface area contributed by atoms with Gasteiger partial charge in [0.2, 0.25) is 5.91 Å². The van der Waals surface area contributed by atoms with Crippen LogP contribution >= 0.6 is 0 Å². The van der Waals surface area contributed by atoms with Crippen LogP contribution in [-0.2, 0) is 9.53 Å². The van der Waals surface area contributed by atoms with Gasteiger partial charge in [0.25, 0.3) is 0 Å². The SMILES string of the molecule is CC1CCCNC1CC(=O)N1CCOC(CO)C1. The lowest BCUT2D eigenvalue weighted by Gasteiger charge is -2.35. The van der Waals surface area contributed by atoms with Crippen molar-refractivity contribution in [3.05, 3.63) is 0 Å². The molecule has 0 aliphatic carbocycles. The molecule has 5 nitrogen and oxygen atoms in total. The van der Waals surface area contributed by atoms with E-state index in [9.17, 15) is 4.79 Å². The number of aliphatic hydroxyl groups is 1. The maximum atomic E-state index is 12.2. The Kier molecular flexibility index (Phi) is 4.97. The largest absolute Gasteiger partial charge is 0.394 e. The Morgan fingerprint density at radius 3 is 3.11 bits per heavy atom. The molecular weight excluding hydrogens is 232 g/mol. The Labute approximate surface area is 108 Å². The van der Waals surface area contributed by atoms with Crippen molar-refractivity contribution in [1.82, 2.24) is 10.2 Å². The number of carbonyl (C=O) groups excluding carboxylic acids is 1. The monoisotopic (exact) mass is 256 g/mol. The number of hydrogen-bond donors (Lipinski definition) is 2. The first-order valence-corrected chi connectivity index (χ1v) is 6.94. The second-order valence-corrected chi connectivity index (χ2v) is 5.40. The van der Waals surface area contributed by atoms with Crippen LogP contribution in [0, 0.1) is 5.92 Å². The predicted octanol–water partition coefficient (Wildman–Crippen LogP) is -0.0157. The minimum atomic E-state index is -0.209. The van der Waals surface area contributed by atoms with Gasteiger partial charge in [0.05, 0.1) is 19.3 Å². The topological polar surface area (TPSA) is 61.8 Å². The normalized spacial score (nSPS) is 33.4. The van der Waals surface area contributed by atoms with Gasteiger partial charge in [-0.25, -0.2) is 0 Å². The highest BCUT2D eigenvalue weighted by molar-refractivity contribution is 5.77. The zero-order valence-electron chi connectivity index (χ0n) is 11.1. The Morgan fingerprint density at radius 1 is 1.56 bits per heavy atom. The van der Waals surface area contributed by atoms with Crippen molar-refractivity contribution in [3.8, 4) is 0 Å². The van der Waals surface area contributed by atoms with E-state index < -0.39 is 0 Å². The van der Waals surface area contributed by atoms with Crippen LogP contribution in [0.5, 0.6) is 0 Å². The highest BCUT2D eigenvalue weighted by atomic mass is 16.5. The van der Waals surface area contributed by atoms with Crippen molar-refractivity contribution in [1.29, 1.82) is 0 Å². The minimum Gasteiger partial charge on any atom is -0.394 e. The van der Waals surface area contributed by atoms with E-state index in [4.69, 9.17) is 9.84 Å². The number of amides is 1. The van der Waals surface area contributed by atoms with Crippen molar-refractivity contribution in [3.63, 3.8) is 0 Å². The van der Waals surface area contributed by atoms with Gasteiger partial charge >= 0.3 is 0 Å². The van der Waals surface area contributed by atoms with Crippen molar-refractivity contribution in [2.24, 2.45) is 5.92 Å². The molecule has 2 aliphatic rings. The Balaban J connectivity index is 1.83. The van der Waals surface area contributed by atoms with E-state index in [1.165, 1.54) is 12.8 Å². The third kappa shape index (κ3) is 3.43. The van der Waals surface area contributed by atoms with Crippen molar-refractivity contribution in [2.45, 2.75) is 38.3 Å². The van der Waals surface area contributed by atoms with Gasteiger partial charge in [-0.3, -0.25) is 4.79 Å². The summed E-state index contributed by atoms with van der Waals surface area (Å²) in [7, 11) is 0. The molecule has 2 saturated heterocycles. The molecular formula is C13H24N2O3. The van der Waals surface area contributed by atoms with E-state index in [0.29, 0.717) is 38.1 Å². The first-order chi connectivity index (χ1) is 8.70. The summed E-state index contributed by atoms with van der Waals surface area (Å²) in [5, 5.41) is 12.5. The van der Waals surface area contributed by atoms with Crippen LogP contribution in [0.1, 0.15) is 26.2 Å². The number of hydrogen-bond acceptors (Lipinski definition) is 4. The predicted molar refractivity (Wildman–Crippen MR) is 68.2 cm³/mol. The fraction of sp³-hybridized carbons (Fsp3) is 0.923. The lowest BCUT2D eigenvalue weighted by atomic mass is 9.90. The fourth-order valence-corrected chi connectivity index (χ4v) is 2.76. The molecule has 5 heteroatoms. The molecule has 2 rings (SSSR count). The lowest BCUT2D eigenvalue weighted by molar-refractivity contribution is -0.141. The van der Waals surface area contributed by atoms with E-state index >= 15 is 0 Å². The van der Waals surface area contributed by atoms with Crippen LogP contribution in [0.25, 0.3) is 0 Å². The lowest BCUT2D eigenvalue weighted by Crippen LogP contribution is -2.50. The van der Waals surface area contributed by atoms with E-state index in [0.717, 1.165) is 6.54 Å². The Bertz CT molecular complexity index is 285. The van der Waals surface area contributed by atoms with Gasteiger partial charge in [-0.15, -0.1) is 0 Å². The summed E-state index contributed by atoms with van der Waals surface area (Å²) >= 11 is 0. The number of rotatable bonds is 3. The molecule has 104 valence electrons. The Morgan fingerprint density at radius 2 is 2.39 bits per heavy atom. The maximum absolute atomic E-state index is 12.2. The zero-order valence-corrected chi connectivity index (χ0v) is 11.1. The van der Waals surface area contributed by atoms with Gasteiger partial charge in [-0.1, -0.05) is 6.92 Å². The zero-order chi connectivity index (χ0) is 13.0.